The van der Waals surface area contributed by atoms with E-state index in [2.05, 4.69) is 6.07 Å². The van der Waals surface area contributed by atoms with E-state index in [9.17, 15) is 4.79 Å². The first-order valence-electron chi connectivity index (χ1n) is 5.79. The summed E-state index contributed by atoms with van der Waals surface area (Å²) in [7, 11) is 0. The van der Waals surface area contributed by atoms with E-state index in [0.717, 1.165) is 37.5 Å². The van der Waals surface area contributed by atoms with Crippen molar-refractivity contribution in [3.63, 3.8) is 0 Å². The van der Waals surface area contributed by atoms with Crippen LogP contribution < -0.4 is 0 Å². The van der Waals surface area contributed by atoms with Gasteiger partial charge in [-0.15, -0.1) is 0 Å². The highest BCUT2D eigenvalue weighted by Gasteiger charge is 1.95. The molecule has 1 rings (SSSR count). The van der Waals surface area contributed by atoms with Crippen LogP contribution in [-0.4, -0.2) is 6.29 Å². The summed E-state index contributed by atoms with van der Waals surface area (Å²) in [5, 5.41) is 8.65. The zero-order chi connectivity index (χ0) is 11.6. The molecule has 0 bridgehead atoms. The van der Waals surface area contributed by atoms with Crippen LogP contribution in [0.15, 0.2) is 24.3 Å². The third-order valence-corrected chi connectivity index (χ3v) is 2.62. The van der Waals surface area contributed by atoms with Gasteiger partial charge in [0.05, 0.1) is 11.6 Å². The minimum absolute atomic E-state index is 0.691. The predicted molar refractivity (Wildman–Crippen MR) is 64.0 cm³/mol. The second-order valence-electron chi connectivity index (χ2n) is 3.93. The van der Waals surface area contributed by atoms with Gasteiger partial charge in [-0.1, -0.05) is 25.0 Å². The number of hydrogen-bond acceptors (Lipinski definition) is 2. The van der Waals surface area contributed by atoms with Gasteiger partial charge in [-0.05, 0) is 37.0 Å². The SMILES string of the molecule is N#Cc1ccc(CCCCCCC=O)cc1. The number of carbonyl (C=O) groups is 1. The molecule has 0 heterocycles. The van der Waals surface area contributed by atoms with Crippen LogP contribution in [0.5, 0.6) is 0 Å². The van der Waals surface area contributed by atoms with E-state index in [1.807, 2.05) is 24.3 Å². The van der Waals surface area contributed by atoms with Crippen LogP contribution in [0.4, 0.5) is 0 Å². The molecular formula is C14H17NO. The quantitative estimate of drug-likeness (QED) is 0.517. The van der Waals surface area contributed by atoms with Crippen molar-refractivity contribution in [2.24, 2.45) is 0 Å². The maximum absolute atomic E-state index is 10.1. The molecule has 0 fully saturated rings. The van der Waals surface area contributed by atoms with Crippen LogP contribution in [0.1, 0.15) is 43.2 Å². The lowest BCUT2D eigenvalue weighted by Crippen LogP contribution is -1.87. The molecule has 0 unspecified atom stereocenters. The molecule has 0 radical (unpaired) electrons. The second-order valence-corrected chi connectivity index (χ2v) is 3.93. The fraction of sp³-hybridized carbons (Fsp3) is 0.429. The van der Waals surface area contributed by atoms with Gasteiger partial charge in [0, 0.05) is 6.42 Å². The Balaban J connectivity index is 2.17. The fourth-order valence-corrected chi connectivity index (χ4v) is 1.66. The van der Waals surface area contributed by atoms with Crippen LogP contribution in [-0.2, 0) is 11.2 Å². The van der Waals surface area contributed by atoms with Crippen molar-refractivity contribution in [1.29, 1.82) is 5.26 Å². The van der Waals surface area contributed by atoms with Gasteiger partial charge in [-0.3, -0.25) is 0 Å². The molecule has 0 aromatic heterocycles. The molecule has 0 aliphatic carbocycles. The summed E-state index contributed by atoms with van der Waals surface area (Å²) in [6, 6.07) is 9.87. The number of hydrogen-bond donors (Lipinski definition) is 0. The van der Waals surface area contributed by atoms with Crippen molar-refractivity contribution in [3.05, 3.63) is 35.4 Å². The van der Waals surface area contributed by atoms with Crippen molar-refractivity contribution >= 4 is 6.29 Å². The molecule has 16 heavy (non-hydrogen) atoms. The Bertz CT molecular complexity index is 348. The van der Waals surface area contributed by atoms with Crippen LogP contribution in [0.25, 0.3) is 0 Å². The van der Waals surface area contributed by atoms with Crippen molar-refractivity contribution in [3.8, 4) is 6.07 Å². The zero-order valence-electron chi connectivity index (χ0n) is 9.48. The molecule has 2 heteroatoms. The van der Waals surface area contributed by atoms with Crippen molar-refractivity contribution < 1.29 is 4.79 Å². The largest absolute Gasteiger partial charge is 0.303 e. The van der Waals surface area contributed by atoms with Gasteiger partial charge in [0.25, 0.3) is 0 Å². The van der Waals surface area contributed by atoms with Crippen molar-refractivity contribution in [2.45, 2.75) is 38.5 Å². The van der Waals surface area contributed by atoms with E-state index in [4.69, 9.17) is 5.26 Å². The lowest BCUT2D eigenvalue weighted by Gasteiger charge is -2.01. The molecule has 0 aliphatic rings. The highest BCUT2D eigenvalue weighted by atomic mass is 16.1. The van der Waals surface area contributed by atoms with Crippen LogP contribution in [0, 0.1) is 11.3 Å². The Kier molecular flexibility index (Phi) is 5.95. The Labute approximate surface area is 96.9 Å². The molecule has 0 aliphatic heterocycles. The van der Waals surface area contributed by atoms with Gasteiger partial charge in [-0.25, -0.2) is 0 Å². The molecular weight excluding hydrogens is 198 g/mol. The summed E-state index contributed by atoms with van der Waals surface area (Å²) in [5.74, 6) is 0. The highest BCUT2D eigenvalue weighted by Crippen LogP contribution is 2.09. The second kappa shape index (κ2) is 7.64. The van der Waals surface area contributed by atoms with Gasteiger partial charge in [0.2, 0.25) is 0 Å². The summed E-state index contributed by atoms with van der Waals surface area (Å²) in [6.07, 6.45) is 7.22. The van der Waals surface area contributed by atoms with Crippen molar-refractivity contribution in [2.75, 3.05) is 0 Å². The van der Waals surface area contributed by atoms with E-state index >= 15 is 0 Å². The third-order valence-electron chi connectivity index (χ3n) is 2.62. The van der Waals surface area contributed by atoms with Crippen molar-refractivity contribution in [1.82, 2.24) is 0 Å². The number of aldehydes is 1. The molecule has 0 amide bonds. The Morgan fingerprint density at radius 1 is 1.06 bits per heavy atom. The number of unbranched alkanes of at least 4 members (excludes halogenated alkanes) is 4. The topological polar surface area (TPSA) is 40.9 Å². The summed E-state index contributed by atoms with van der Waals surface area (Å²) in [6.45, 7) is 0. The molecule has 0 atom stereocenters. The number of nitriles is 1. The predicted octanol–water partition coefficient (Wildman–Crippen LogP) is 3.25. The summed E-state index contributed by atoms with van der Waals surface area (Å²) >= 11 is 0. The van der Waals surface area contributed by atoms with Crippen LogP contribution >= 0.6 is 0 Å². The Morgan fingerprint density at radius 3 is 2.38 bits per heavy atom. The van der Waals surface area contributed by atoms with E-state index in [-0.39, 0.29) is 0 Å². The number of rotatable bonds is 7. The Hall–Kier alpha value is -1.62. The normalized spacial score (nSPS) is 9.69. The average Bonchev–Trinajstić information content (AvgIpc) is 2.34. The average molecular weight is 215 g/mol. The zero-order valence-corrected chi connectivity index (χ0v) is 9.48. The van der Waals surface area contributed by atoms with E-state index in [1.165, 1.54) is 12.0 Å². The highest BCUT2D eigenvalue weighted by molar-refractivity contribution is 5.48. The molecule has 2 nitrogen and oxygen atoms in total. The van der Waals surface area contributed by atoms with Crippen LogP contribution in [0.2, 0.25) is 0 Å². The lowest BCUT2D eigenvalue weighted by molar-refractivity contribution is -0.107. The number of aryl methyl sites for hydroxylation is 1. The fourth-order valence-electron chi connectivity index (χ4n) is 1.66. The van der Waals surface area contributed by atoms with Gasteiger partial charge in [-0.2, -0.15) is 5.26 Å². The van der Waals surface area contributed by atoms with E-state index < -0.39 is 0 Å². The molecule has 84 valence electrons. The summed E-state index contributed by atoms with van der Waals surface area (Å²) in [4.78, 5) is 10.1. The minimum atomic E-state index is 0.691. The maximum atomic E-state index is 10.1. The first-order valence-corrected chi connectivity index (χ1v) is 5.79. The van der Waals surface area contributed by atoms with Gasteiger partial charge in [0.1, 0.15) is 6.29 Å². The monoisotopic (exact) mass is 215 g/mol. The Morgan fingerprint density at radius 2 is 1.75 bits per heavy atom. The first-order chi connectivity index (χ1) is 7.86. The summed E-state index contributed by atoms with van der Waals surface area (Å²) < 4.78 is 0. The standard InChI is InChI=1S/C14H17NO/c15-12-14-9-7-13(8-10-14)6-4-2-1-3-5-11-16/h7-11H,1-6H2. The molecule has 0 N–H and O–H groups in total. The first kappa shape index (κ1) is 12.4. The van der Waals surface area contributed by atoms with Gasteiger partial charge in [0.15, 0.2) is 0 Å². The van der Waals surface area contributed by atoms with E-state index in [0.29, 0.717) is 6.42 Å². The number of nitrogens with zero attached hydrogens (tertiary/aromatic N) is 1. The minimum Gasteiger partial charge on any atom is -0.303 e. The van der Waals surface area contributed by atoms with E-state index in [1.54, 1.807) is 0 Å². The molecule has 1 aromatic carbocycles. The molecule has 1 aromatic rings. The van der Waals surface area contributed by atoms with Gasteiger partial charge < -0.3 is 4.79 Å². The number of carbonyl (C=O) groups excluding carboxylic acids is 1. The lowest BCUT2D eigenvalue weighted by atomic mass is 10.0. The van der Waals surface area contributed by atoms with Crippen LogP contribution in [0.3, 0.4) is 0 Å². The maximum Gasteiger partial charge on any atom is 0.119 e. The summed E-state index contributed by atoms with van der Waals surface area (Å²) in [5.41, 5.74) is 2.00. The number of benzene rings is 1. The third kappa shape index (κ3) is 4.75. The smallest absolute Gasteiger partial charge is 0.119 e. The molecule has 0 saturated heterocycles. The molecule has 0 saturated carbocycles. The molecule has 0 spiro atoms. The van der Waals surface area contributed by atoms with Gasteiger partial charge >= 0.3 is 0 Å².